The van der Waals surface area contributed by atoms with Gasteiger partial charge in [-0.05, 0) is 13.3 Å². The van der Waals surface area contributed by atoms with Crippen LogP contribution in [0.5, 0.6) is 0 Å². The summed E-state index contributed by atoms with van der Waals surface area (Å²) in [5.41, 5.74) is 6.48. The molecule has 0 aromatic rings. The van der Waals surface area contributed by atoms with Crippen LogP contribution in [0.15, 0.2) is 16.3 Å². The van der Waals surface area contributed by atoms with Gasteiger partial charge in [0.05, 0.1) is 12.2 Å². The lowest BCUT2D eigenvalue weighted by Crippen LogP contribution is -2.14. The molecule has 0 saturated heterocycles. The minimum absolute atomic E-state index is 0.344. The largest absolute Gasteiger partial charge is 0.462 e. The summed E-state index contributed by atoms with van der Waals surface area (Å²) in [6, 6.07) is 0. The van der Waals surface area contributed by atoms with Gasteiger partial charge in [0.1, 0.15) is 0 Å². The summed E-state index contributed by atoms with van der Waals surface area (Å²) in [6.07, 6.45) is 2.04. The van der Waals surface area contributed by atoms with Crippen molar-refractivity contribution < 1.29 is 9.53 Å². The van der Waals surface area contributed by atoms with Gasteiger partial charge in [0.25, 0.3) is 0 Å². The molecule has 0 fully saturated rings. The molecule has 0 spiro atoms. The predicted molar refractivity (Wildman–Crippen MR) is 52.6 cm³/mol. The van der Waals surface area contributed by atoms with E-state index in [1.54, 1.807) is 14.0 Å². The average molecular weight is 184 g/mol. The van der Waals surface area contributed by atoms with Crippen LogP contribution in [0.2, 0.25) is 0 Å². The fourth-order valence-electron chi connectivity index (χ4n) is 0.795. The van der Waals surface area contributed by atoms with Gasteiger partial charge in [-0.15, -0.1) is 0 Å². The van der Waals surface area contributed by atoms with E-state index in [4.69, 9.17) is 10.5 Å². The molecular weight excluding hydrogens is 168 g/mol. The van der Waals surface area contributed by atoms with Gasteiger partial charge in [-0.1, -0.05) is 6.92 Å². The molecule has 0 aromatic heterocycles. The standard InChI is InChI=1S/C9H16N2O2/c1-4-8(10)7(6-11-3)9(12)13-5-2/h6H,4-5,10H2,1-3H3. The Kier molecular flexibility index (Phi) is 5.59. The number of esters is 1. The monoisotopic (exact) mass is 184 g/mol. The van der Waals surface area contributed by atoms with Crippen LogP contribution in [0, 0.1) is 0 Å². The van der Waals surface area contributed by atoms with E-state index in [1.807, 2.05) is 6.92 Å². The van der Waals surface area contributed by atoms with Crippen LogP contribution in [0.3, 0.4) is 0 Å². The third kappa shape index (κ3) is 3.73. The van der Waals surface area contributed by atoms with E-state index in [9.17, 15) is 4.79 Å². The summed E-state index contributed by atoms with van der Waals surface area (Å²) in [7, 11) is 1.59. The number of hydrogen-bond acceptors (Lipinski definition) is 4. The zero-order valence-corrected chi connectivity index (χ0v) is 8.33. The van der Waals surface area contributed by atoms with E-state index < -0.39 is 5.97 Å². The quantitative estimate of drug-likeness (QED) is 0.400. The van der Waals surface area contributed by atoms with E-state index >= 15 is 0 Å². The summed E-state index contributed by atoms with van der Waals surface area (Å²) < 4.78 is 4.81. The first kappa shape index (κ1) is 11.7. The molecule has 0 heterocycles. The van der Waals surface area contributed by atoms with Crippen molar-refractivity contribution in [3.05, 3.63) is 11.3 Å². The normalized spacial score (nSPS) is 12.8. The number of carbonyl (C=O) groups excluding carboxylic acids is 1. The van der Waals surface area contributed by atoms with Crippen molar-refractivity contribution in [3.8, 4) is 0 Å². The van der Waals surface area contributed by atoms with Crippen molar-refractivity contribution in [2.24, 2.45) is 10.7 Å². The Morgan fingerprint density at radius 1 is 1.54 bits per heavy atom. The van der Waals surface area contributed by atoms with E-state index in [1.165, 1.54) is 6.21 Å². The molecule has 0 aliphatic heterocycles. The Morgan fingerprint density at radius 2 is 2.15 bits per heavy atom. The molecule has 0 bridgehead atoms. The van der Waals surface area contributed by atoms with Gasteiger partial charge >= 0.3 is 5.97 Å². The van der Waals surface area contributed by atoms with Crippen LogP contribution < -0.4 is 5.73 Å². The highest BCUT2D eigenvalue weighted by Crippen LogP contribution is 2.03. The average Bonchev–Trinajstić information content (AvgIpc) is 2.13. The first-order valence-electron chi connectivity index (χ1n) is 4.25. The van der Waals surface area contributed by atoms with E-state index in [0.29, 0.717) is 24.3 Å². The van der Waals surface area contributed by atoms with Gasteiger partial charge in [-0.2, -0.15) is 0 Å². The highest BCUT2D eigenvalue weighted by atomic mass is 16.5. The summed E-state index contributed by atoms with van der Waals surface area (Å²) in [4.78, 5) is 15.0. The zero-order chi connectivity index (χ0) is 10.3. The number of nitrogens with zero attached hydrogens (tertiary/aromatic N) is 1. The van der Waals surface area contributed by atoms with Crippen molar-refractivity contribution in [2.75, 3.05) is 13.7 Å². The SMILES string of the molecule is CCOC(=O)C(C=NC)=C(N)CC. The van der Waals surface area contributed by atoms with Crippen LogP contribution in [-0.2, 0) is 9.53 Å². The first-order valence-corrected chi connectivity index (χ1v) is 4.25. The fourth-order valence-corrected chi connectivity index (χ4v) is 0.795. The Bertz CT molecular complexity index is 232. The number of hydrogen-bond donors (Lipinski definition) is 1. The van der Waals surface area contributed by atoms with Crippen molar-refractivity contribution in [1.82, 2.24) is 0 Å². The third-order valence-corrected chi connectivity index (χ3v) is 1.48. The molecule has 0 rings (SSSR count). The molecule has 4 heteroatoms. The van der Waals surface area contributed by atoms with Crippen LogP contribution >= 0.6 is 0 Å². The molecular formula is C9H16N2O2. The Balaban J connectivity index is 4.70. The maximum Gasteiger partial charge on any atom is 0.341 e. The molecule has 4 nitrogen and oxygen atoms in total. The Labute approximate surface area is 78.5 Å². The molecule has 0 amide bonds. The topological polar surface area (TPSA) is 64.7 Å². The highest BCUT2D eigenvalue weighted by Gasteiger charge is 2.10. The molecule has 0 aliphatic carbocycles. The lowest BCUT2D eigenvalue weighted by molar-refractivity contribution is -0.137. The van der Waals surface area contributed by atoms with E-state index in [0.717, 1.165) is 0 Å². The van der Waals surface area contributed by atoms with Gasteiger partial charge in [0.2, 0.25) is 0 Å². The second kappa shape index (κ2) is 6.22. The number of carbonyl (C=O) groups is 1. The summed E-state index contributed by atoms with van der Waals surface area (Å²) in [5, 5.41) is 0. The minimum Gasteiger partial charge on any atom is -0.462 e. The Hall–Kier alpha value is -1.32. The highest BCUT2D eigenvalue weighted by molar-refractivity contribution is 6.10. The molecule has 0 aromatic carbocycles. The van der Waals surface area contributed by atoms with E-state index in [2.05, 4.69) is 4.99 Å². The van der Waals surface area contributed by atoms with Gasteiger partial charge in [-0.25, -0.2) is 4.79 Å². The number of ether oxygens (including phenoxy) is 1. The van der Waals surface area contributed by atoms with Gasteiger partial charge in [0, 0.05) is 19.0 Å². The number of aliphatic imine (C=N–C) groups is 1. The summed E-state index contributed by atoms with van der Waals surface area (Å²) in [6.45, 7) is 3.97. The molecule has 0 radical (unpaired) electrons. The van der Waals surface area contributed by atoms with E-state index in [-0.39, 0.29) is 0 Å². The third-order valence-electron chi connectivity index (χ3n) is 1.48. The maximum absolute atomic E-state index is 11.3. The molecule has 0 atom stereocenters. The van der Waals surface area contributed by atoms with Crippen LogP contribution in [0.4, 0.5) is 0 Å². The second-order valence-electron chi connectivity index (χ2n) is 2.40. The molecule has 2 N–H and O–H groups in total. The van der Waals surface area contributed by atoms with Crippen LogP contribution in [-0.4, -0.2) is 25.8 Å². The molecule has 0 aliphatic rings. The number of allylic oxidation sites excluding steroid dienone is 1. The van der Waals surface area contributed by atoms with Crippen molar-refractivity contribution in [2.45, 2.75) is 20.3 Å². The summed E-state index contributed by atoms with van der Waals surface area (Å²) in [5.74, 6) is -0.410. The van der Waals surface area contributed by atoms with Crippen molar-refractivity contribution >= 4 is 12.2 Å². The lowest BCUT2D eigenvalue weighted by Gasteiger charge is -2.04. The molecule has 13 heavy (non-hydrogen) atoms. The second-order valence-corrected chi connectivity index (χ2v) is 2.40. The minimum atomic E-state index is -0.410. The fraction of sp³-hybridized carbons (Fsp3) is 0.556. The first-order chi connectivity index (χ1) is 6.17. The van der Waals surface area contributed by atoms with Gasteiger partial charge < -0.3 is 10.5 Å². The number of nitrogens with two attached hydrogens (primary N) is 1. The molecule has 74 valence electrons. The van der Waals surface area contributed by atoms with Crippen LogP contribution in [0.1, 0.15) is 20.3 Å². The summed E-state index contributed by atoms with van der Waals surface area (Å²) >= 11 is 0. The lowest BCUT2D eigenvalue weighted by atomic mass is 10.2. The molecule has 0 unspecified atom stereocenters. The van der Waals surface area contributed by atoms with Gasteiger partial charge in [0.15, 0.2) is 0 Å². The van der Waals surface area contributed by atoms with Gasteiger partial charge in [-0.3, -0.25) is 4.99 Å². The molecule has 0 saturated carbocycles. The van der Waals surface area contributed by atoms with Crippen molar-refractivity contribution in [1.29, 1.82) is 0 Å². The van der Waals surface area contributed by atoms with Crippen LogP contribution in [0.25, 0.3) is 0 Å². The van der Waals surface area contributed by atoms with Crippen molar-refractivity contribution in [3.63, 3.8) is 0 Å². The zero-order valence-electron chi connectivity index (χ0n) is 8.33. The smallest absolute Gasteiger partial charge is 0.341 e. The Morgan fingerprint density at radius 3 is 2.54 bits per heavy atom. The maximum atomic E-state index is 11.3. The predicted octanol–water partition coefficient (Wildman–Crippen LogP) is 0.873. The number of rotatable bonds is 4.